The Hall–Kier alpha value is -3.81. The van der Waals surface area contributed by atoms with Crippen LogP contribution in [0.4, 0.5) is 13.2 Å². The van der Waals surface area contributed by atoms with Crippen molar-refractivity contribution in [3.63, 3.8) is 0 Å². The van der Waals surface area contributed by atoms with Crippen LogP contribution < -0.4 is 27.8 Å². The summed E-state index contributed by atoms with van der Waals surface area (Å²) in [6.07, 6.45) is -3.74. The molecule has 10 nitrogen and oxygen atoms in total. The predicted octanol–water partition coefficient (Wildman–Crippen LogP) is 1.37. The molecule has 42 heavy (non-hydrogen) atoms. The SMILES string of the molecule is NCCN(CCN)C(=O)C[C@H](N)C(=O)N[C@@H](CCc1ccccc1)C(=O)CCCNC(=O)c1ccc(C(F)(F)F)cc1. The maximum atomic E-state index is 13.1. The third-order valence-electron chi connectivity index (χ3n) is 6.51. The van der Waals surface area contributed by atoms with Crippen LogP contribution >= 0.6 is 0 Å². The zero-order valence-electron chi connectivity index (χ0n) is 23.4. The second kappa shape index (κ2) is 17.2. The lowest BCUT2D eigenvalue weighted by atomic mass is 9.99. The lowest BCUT2D eigenvalue weighted by Crippen LogP contribution is -2.51. The first kappa shape index (κ1) is 34.4. The number of hydrogen-bond donors (Lipinski definition) is 5. The number of halogens is 3. The summed E-state index contributed by atoms with van der Waals surface area (Å²) >= 11 is 0. The lowest BCUT2D eigenvalue weighted by molar-refractivity contribution is -0.137. The Morgan fingerprint density at radius 3 is 2.10 bits per heavy atom. The van der Waals surface area contributed by atoms with E-state index in [2.05, 4.69) is 10.6 Å². The van der Waals surface area contributed by atoms with Crippen molar-refractivity contribution >= 4 is 23.5 Å². The minimum absolute atomic E-state index is 0.0158. The van der Waals surface area contributed by atoms with Crippen LogP contribution in [0.1, 0.15) is 47.2 Å². The van der Waals surface area contributed by atoms with E-state index in [1.54, 1.807) is 0 Å². The molecule has 2 aromatic carbocycles. The Balaban J connectivity index is 1.95. The van der Waals surface area contributed by atoms with Crippen molar-refractivity contribution in [2.75, 3.05) is 32.7 Å². The van der Waals surface area contributed by atoms with E-state index in [1.165, 1.54) is 4.90 Å². The molecule has 0 aliphatic rings. The number of alkyl halides is 3. The fourth-order valence-corrected chi connectivity index (χ4v) is 4.18. The molecule has 2 aromatic rings. The molecule has 0 aliphatic heterocycles. The predicted molar refractivity (Wildman–Crippen MR) is 152 cm³/mol. The fraction of sp³-hybridized carbons (Fsp3) is 0.448. The number of ketones is 1. The van der Waals surface area contributed by atoms with E-state index in [-0.39, 0.29) is 69.2 Å². The van der Waals surface area contributed by atoms with Crippen LogP contribution in [-0.2, 0) is 27.0 Å². The van der Waals surface area contributed by atoms with E-state index in [0.29, 0.717) is 12.8 Å². The van der Waals surface area contributed by atoms with Gasteiger partial charge in [-0.2, -0.15) is 13.2 Å². The van der Waals surface area contributed by atoms with Crippen molar-refractivity contribution in [3.8, 4) is 0 Å². The van der Waals surface area contributed by atoms with E-state index < -0.39 is 35.6 Å². The molecule has 0 aromatic heterocycles. The van der Waals surface area contributed by atoms with Gasteiger partial charge in [0.15, 0.2) is 5.78 Å². The van der Waals surface area contributed by atoms with Gasteiger partial charge in [0.25, 0.3) is 5.91 Å². The maximum Gasteiger partial charge on any atom is 0.416 e. The second-order valence-electron chi connectivity index (χ2n) is 9.76. The van der Waals surface area contributed by atoms with Gasteiger partial charge in [0.2, 0.25) is 11.8 Å². The number of carbonyl (C=O) groups excluding carboxylic acids is 4. The average molecular weight is 593 g/mol. The van der Waals surface area contributed by atoms with Crippen LogP contribution in [0.5, 0.6) is 0 Å². The number of amides is 3. The van der Waals surface area contributed by atoms with E-state index in [9.17, 15) is 32.3 Å². The van der Waals surface area contributed by atoms with Crippen LogP contribution in [0.25, 0.3) is 0 Å². The molecule has 0 heterocycles. The largest absolute Gasteiger partial charge is 0.416 e. The Kier molecular flexibility index (Phi) is 14.1. The van der Waals surface area contributed by atoms with Crippen molar-refractivity contribution in [1.82, 2.24) is 15.5 Å². The summed E-state index contributed by atoms with van der Waals surface area (Å²) in [4.78, 5) is 52.2. The van der Waals surface area contributed by atoms with E-state index >= 15 is 0 Å². The molecule has 0 spiro atoms. The Labute approximate surface area is 243 Å². The van der Waals surface area contributed by atoms with Gasteiger partial charge in [-0.05, 0) is 49.1 Å². The molecule has 230 valence electrons. The van der Waals surface area contributed by atoms with Gasteiger partial charge in [0.1, 0.15) is 0 Å². The highest BCUT2D eigenvalue weighted by Crippen LogP contribution is 2.29. The van der Waals surface area contributed by atoms with E-state index in [1.807, 2.05) is 30.3 Å². The zero-order chi connectivity index (χ0) is 31.1. The number of nitrogens with two attached hydrogens (primary N) is 3. The van der Waals surface area contributed by atoms with Crippen LogP contribution in [0.2, 0.25) is 0 Å². The van der Waals surface area contributed by atoms with Crippen molar-refractivity contribution in [2.45, 2.75) is 50.4 Å². The van der Waals surface area contributed by atoms with Crippen LogP contribution in [0, 0.1) is 0 Å². The summed E-state index contributed by atoms with van der Waals surface area (Å²) in [5, 5.41) is 5.26. The lowest BCUT2D eigenvalue weighted by Gasteiger charge is -2.24. The molecule has 13 heteroatoms. The Morgan fingerprint density at radius 2 is 1.52 bits per heavy atom. The van der Waals surface area contributed by atoms with Gasteiger partial charge < -0.3 is 32.7 Å². The topological polar surface area (TPSA) is 174 Å². The van der Waals surface area contributed by atoms with Crippen molar-refractivity contribution in [3.05, 3.63) is 71.3 Å². The molecule has 0 radical (unpaired) electrons. The molecule has 0 saturated carbocycles. The van der Waals surface area contributed by atoms with E-state index in [4.69, 9.17) is 17.2 Å². The van der Waals surface area contributed by atoms with Crippen molar-refractivity contribution in [1.29, 1.82) is 0 Å². The molecular formula is C29H39F3N6O4. The highest BCUT2D eigenvalue weighted by molar-refractivity contribution is 5.94. The number of Topliss-reactive ketones (excluding diaryl/α,β-unsaturated/α-hetero) is 1. The minimum Gasteiger partial charge on any atom is -0.352 e. The molecule has 2 atom stereocenters. The number of aryl methyl sites for hydroxylation is 1. The van der Waals surface area contributed by atoms with Crippen molar-refractivity contribution < 1.29 is 32.3 Å². The van der Waals surface area contributed by atoms with Gasteiger partial charge in [-0.25, -0.2) is 0 Å². The van der Waals surface area contributed by atoms with Crippen LogP contribution in [0.3, 0.4) is 0 Å². The van der Waals surface area contributed by atoms with Crippen LogP contribution in [0.15, 0.2) is 54.6 Å². The molecule has 0 aliphatic carbocycles. The summed E-state index contributed by atoms with van der Waals surface area (Å²) < 4.78 is 38.2. The van der Waals surface area contributed by atoms with E-state index in [0.717, 1.165) is 29.8 Å². The number of carbonyl (C=O) groups is 4. The van der Waals surface area contributed by atoms with Gasteiger partial charge in [0, 0.05) is 44.7 Å². The zero-order valence-corrected chi connectivity index (χ0v) is 23.4. The smallest absolute Gasteiger partial charge is 0.352 e. The summed E-state index contributed by atoms with van der Waals surface area (Å²) in [5.74, 6) is -1.87. The highest BCUT2D eigenvalue weighted by atomic mass is 19.4. The van der Waals surface area contributed by atoms with Crippen molar-refractivity contribution in [2.24, 2.45) is 17.2 Å². The molecule has 2 rings (SSSR count). The first-order valence-corrected chi connectivity index (χ1v) is 13.7. The van der Waals surface area contributed by atoms with Gasteiger partial charge in [-0.3, -0.25) is 19.2 Å². The number of rotatable bonds is 17. The normalized spacial score (nSPS) is 12.7. The maximum absolute atomic E-state index is 13.1. The third kappa shape index (κ3) is 11.6. The quantitative estimate of drug-likeness (QED) is 0.173. The Morgan fingerprint density at radius 1 is 0.905 bits per heavy atom. The Bertz CT molecular complexity index is 1160. The van der Waals surface area contributed by atoms with Gasteiger partial charge in [-0.15, -0.1) is 0 Å². The number of hydrogen-bond acceptors (Lipinski definition) is 7. The molecule has 0 saturated heterocycles. The molecule has 8 N–H and O–H groups in total. The molecule has 0 unspecified atom stereocenters. The third-order valence-corrected chi connectivity index (χ3v) is 6.51. The second-order valence-corrected chi connectivity index (χ2v) is 9.76. The standard InChI is InChI=1S/C29H39F3N6O4/c30-29(31,32)22-11-9-21(10-12-22)27(41)36-16-4-7-25(39)24(13-8-20-5-2-1-3-6-20)37-28(42)23(35)19-26(40)38(17-14-33)18-15-34/h1-3,5-6,9-12,23-24H,4,7-8,13-19,33-35H2,(H,36,41)(H,37,42)/t23-,24-/m0/s1. The summed E-state index contributed by atoms with van der Waals surface area (Å²) in [6, 6.07) is 11.1. The number of nitrogens with zero attached hydrogens (tertiary/aromatic N) is 1. The summed E-state index contributed by atoms with van der Waals surface area (Å²) in [7, 11) is 0. The molecule has 0 bridgehead atoms. The highest BCUT2D eigenvalue weighted by Gasteiger charge is 2.30. The number of nitrogens with one attached hydrogen (secondary N) is 2. The van der Waals surface area contributed by atoms with Crippen LogP contribution in [-0.4, -0.2) is 73.2 Å². The van der Waals surface area contributed by atoms with Gasteiger partial charge in [0.05, 0.1) is 24.1 Å². The number of benzene rings is 2. The fourth-order valence-electron chi connectivity index (χ4n) is 4.18. The average Bonchev–Trinajstić information content (AvgIpc) is 2.97. The van der Waals surface area contributed by atoms with Gasteiger partial charge >= 0.3 is 6.18 Å². The first-order chi connectivity index (χ1) is 20.0. The molecule has 3 amide bonds. The molecule has 0 fully saturated rings. The monoisotopic (exact) mass is 592 g/mol. The molecular weight excluding hydrogens is 553 g/mol. The summed E-state index contributed by atoms with van der Waals surface area (Å²) in [5.41, 5.74) is 17.2. The summed E-state index contributed by atoms with van der Waals surface area (Å²) in [6.45, 7) is 1.11. The minimum atomic E-state index is -4.50. The van der Waals surface area contributed by atoms with Gasteiger partial charge in [-0.1, -0.05) is 30.3 Å². The first-order valence-electron chi connectivity index (χ1n) is 13.7.